The molecule has 3 atom stereocenters. The number of hydrogen-bond donors (Lipinski definition) is 1. The monoisotopic (exact) mass is 237 g/mol. The Morgan fingerprint density at radius 2 is 1.82 bits per heavy atom. The Bertz CT molecular complexity index is 306. The molecule has 0 spiro atoms. The van der Waals surface area contributed by atoms with Crippen LogP contribution in [0.1, 0.15) is 39.0 Å². The van der Waals surface area contributed by atoms with E-state index in [0.29, 0.717) is 30.6 Å². The Balaban J connectivity index is 1.75. The van der Waals surface area contributed by atoms with Gasteiger partial charge in [-0.3, -0.25) is 10.1 Å². The van der Waals surface area contributed by atoms with Crippen molar-refractivity contribution in [2.45, 2.75) is 63.3 Å². The van der Waals surface area contributed by atoms with E-state index in [1.165, 1.54) is 32.1 Å². The summed E-state index contributed by atoms with van der Waals surface area (Å²) in [4.78, 5) is 16.6. The maximum Gasteiger partial charge on any atom is 0.238 e. The van der Waals surface area contributed by atoms with Gasteiger partial charge in [-0.2, -0.15) is 0 Å². The summed E-state index contributed by atoms with van der Waals surface area (Å²) in [6, 6.07) is 1.88. The highest BCUT2D eigenvalue weighted by molar-refractivity contribution is 5.81. The summed E-state index contributed by atoms with van der Waals surface area (Å²) in [7, 11) is 2.26. The molecule has 96 valence electrons. The standard InChI is InChI=1S/C13H23N3O/c1-9-14-8-13(17)16(9)12-6-10-4-3-5-11(7-12)15(10)2/h9-12,14H,3-8H2,1-2H3. The summed E-state index contributed by atoms with van der Waals surface area (Å²) in [5.74, 6) is 0.296. The molecule has 4 nitrogen and oxygen atoms in total. The SMILES string of the molecule is CC1NCC(=O)N1C1CC2CCCC(C1)N2C. The van der Waals surface area contributed by atoms with E-state index in [0.717, 1.165) is 0 Å². The van der Waals surface area contributed by atoms with Crippen LogP contribution in [0.3, 0.4) is 0 Å². The number of carbonyl (C=O) groups excluding carboxylic acids is 1. The van der Waals surface area contributed by atoms with Crippen LogP contribution < -0.4 is 5.32 Å². The Kier molecular flexibility index (Phi) is 2.87. The first-order chi connectivity index (χ1) is 8.16. The van der Waals surface area contributed by atoms with E-state index in [9.17, 15) is 4.79 Å². The largest absolute Gasteiger partial charge is 0.323 e. The quantitative estimate of drug-likeness (QED) is 0.732. The number of amides is 1. The van der Waals surface area contributed by atoms with Crippen LogP contribution in [-0.4, -0.2) is 53.6 Å². The van der Waals surface area contributed by atoms with Gasteiger partial charge in [-0.15, -0.1) is 0 Å². The molecule has 0 aromatic carbocycles. The molecular formula is C13H23N3O. The zero-order valence-electron chi connectivity index (χ0n) is 10.9. The molecule has 3 fully saturated rings. The van der Waals surface area contributed by atoms with Gasteiger partial charge >= 0.3 is 0 Å². The van der Waals surface area contributed by atoms with Crippen LogP contribution >= 0.6 is 0 Å². The lowest BCUT2D eigenvalue weighted by molar-refractivity contribution is -0.132. The molecule has 4 heteroatoms. The Hall–Kier alpha value is -0.610. The van der Waals surface area contributed by atoms with Gasteiger partial charge in [0, 0.05) is 18.1 Å². The van der Waals surface area contributed by atoms with E-state index < -0.39 is 0 Å². The molecule has 0 aromatic heterocycles. The van der Waals surface area contributed by atoms with Gasteiger partial charge < -0.3 is 9.80 Å². The highest BCUT2D eigenvalue weighted by Crippen LogP contribution is 2.35. The molecule has 0 radical (unpaired) electrons. The first-order valence-electron chi connectivity index (χ1n) is 6.93. The Morgan fingerprint density at radius 1 is 1.18 bits per heavy atom. The minimum Gasteiger partial charge on any atom is -0.323 e. The number of nitrogens with zero attached hydrogens (tertiary/aromatic N) is 2. The van der Waals surface area contributed by atoms with Crippen molar-refractivity contribution in [3.63, 3.8) is 0 Å². The highest BCUT2D eigenvalue weighted by atomic mass is 16.2. The van der Waals surface area contributed by atoms with E-state index in [-0.39, 0.29) is 6.17 Å². The molecule has 1 amide bonds. The zero-order chi connectivity index (χ0) is 12.0. The fourth-order valence-electron chi connectivity index (χ4n) is 3.97. The van der Waals surface area contributed by atoms with Crippen molar-refractivity contribution in [2.75, 3.05) is 13.6 Å². The van der Waals surface area contributed by atoms with Crippen LogP contribution in [0.5, 0.6) is 0 Å². The topological polar surface area (TPSA) is 35.6 Å². The van der Waals surface area contributed by atoms with Gasteiger partial charge in [0.05, 0.1) is 12.7 Å². The van der Waals surface area contributed by atoms with Crippen LogP contribution in [0.15, 0.2) is 0 Å². The maximum atomic E-state index is 11.9. The van der Waals surface area contributed by atoms with Crippen molar-refractivity contribution in [1.29, 1.82) is 0 Å². The van der Waals surface area contributed by atoms with Gasteiger partial charge in [-0.05, 0) is 39.7 Å². The molecule has 3 aliphatic heterocycles. The van der Waals surface area contributed by atoms with Gasteiger partial charge in [0.25, 0.3) is 0 Å². The van der Waals surface area contributed by atoms with Gasteiger partial charge in [0.1, 0.15) is 0 Å². The van der Waals surface area contributed by atoms with Crippen molar-refractivity contribution in [1.82, 2.24) is 15.1 Å². The van der Waals surface area contributed by atoms with Gasteiger partial charge in [0.2, 0.25) is 5.91 Å². The third-order valence-corrected chi connectivity index (χ3v) is 4.96. The molecule has 2 bridgehead atoms. The minimum absolute atomic E-state index is 0.233. The lowest BCUT2D eigenvalue weighted by atomic mass is 9.81. The average Bonchev–Trinajstić information content (AvgIpc) is 2.59. The number of piperidine rings is 2. The summed E-state index contributed by atoms with van der Waals surface area (Å²) < 4.78 is 0. The second-order valence-corrected chi connectivity index (χ2v) is 5.89. The zero-order valence-corrected chi connectivity index (χ0v) is 10.9. The molecule has 3 rings (SSSR count). The third kappa shape index (κ3) is 1.87. The van der Waals surface area contributed by atoms with Gasteiger partial charge in [-0.1, -0.05) is 6.42 Å². The van der Waals surface area contributed by atoms with Crippen LogP contribution in [0, 0.1) is 0 Å². The van der Waals surface area contributed by atoms with Crippen molar-refractivity contribution in [2.24, 2.45) is 0 Å². The lowest BCUT2D eigenvalue weighted by Crippen LogP contribution is -2.57. The van der Waals surface area contributed by atoms with E-state index >= 15 is 0 Å². The van der Waals surface area contributed by atoms with Crippen molar-refractivity contribution < 1.29 is 4.79 Å². The molecule has 3 heterocycles. The molecule has 3 saturated heterocycles. The molecule has 3 unspecified atom stereocenters. The van der Waals surface area contributed by atoms with E-state index in [1.807, 2.05) is 0 Å². The van der Waals surface area contributed by atoms with E-state index in [2.05, 4.69) is 29.1 Å². The number of fused-ring (bicyclic) bond motifs is 2. The molecular weight excluding hydrogens is 214 g/mol. The molecule has 1 N–H and O–H groups in total. The number of rotatable bonds is 1. The fraction of sp³-hybridized carbons (Fsp3) is 0.923. The van der Waals surface area contributed by atoms with Crippen LogP contribution in [0.4, 0.5) is 0 Å². The van der Waals surface area contributed by atoms with Crippen molar-refractivity contribution in [3.05, 3.63) is 0 Å². The Labute approximate surface area is 103 Å². The van der Waals surface area contributed by atoms with Crippen molar-refractivity contribution in [3.8, 4) is 0 Å². The molecule has 0 aliphatic carbocycles. The summed E-state index contributed by atoms with van der Waals surface area (Å²) in [5, 5.41) is 3.26. The predicted octanol–water partition coefficient (Wildman–Crippen LogP) is 0.780. The first kappa shape index (κ1) is 11.5. The number of hydrogen-bond acceptors (Lipinski definition) is 3. The van der Waals surface area contributed by atoms with Crippen LogP contribution in [0.25, 0.3) is 0 Å². The number of carbonyl (C=O) groups is 1. The second kappa shape index (κ2) is 4.25. The summed E-state index contributed by atoms with van der Waals surface area (Å²) >= 11 is 0. The molecule has 0 saturated carbocycles. The normalized spacial score (nSPS) is 43.2. The van der Waals surface area contributed by atoms with Crippen LogP contribution in [-0.2, 0) is 4.79 Å². The third-order valence-electron chi connectivity index (χ3n) is 4.96. The van der Waals surface area contributed by atoms with E-state index in [1.54, 1.807) is 0 Å². The Morgan fingerprint density at radius 3 is 2.35 bits per heavy atom. The lowest BCUT2D eigenvalue weighted by Gasteiger charge is -2.49. The molecule has 0 aromatic rings. The summed E-state index contributed by atoms with van der Waals surface area (Å²) in [5.41, 5.74) is 0. The van der Waals surface area contributed by atoms with Gasteiger partial charge in [-0.25, -0.2) is 0 Å². The summed E-state index contributed by atoms with van der Waals surface area (Å²) in [6.45, 7) is 2.64. The fourth-order valence-corrected chi connectivity index (χ4v) is 3.97. The highest BCUT2D eigenvalue weighted by Gasteiger charge is 2.42. The van der Waals surface area contributed by atoms with E-state index in [4.69, 9.17) is 0 Å². The molecule has 3 aliphatic rings. The first-order valence-corrected chi connectivity index (χ1v) is 6.93. The maximum absolute atomic E-state index is 11.9. The summed E-state index contributed by atoms with van der Waals surface area (Å²) in [6.07, 6.45) is 6.57. The predicted molar refractivity (Wildman–Crippen MR) is 66.5 cm³/mol. The molecule has 17 heavy (non-hydrogen) atoms. The average molecular weight is 237 g/mol. The van der Waals surface area contributed by atoms with Crippen LogP contribution in [0.2, 0.25) is 0 Å². The number of nitrogens with one attached hydrogen (secondary N) is 1. The minimum atomic E-state index is 0.233. The van der Waals surface area contributed by atoms with Gasteiger partial charge in [0.15, 0.2) is 0 Å². The van der Waals surface area contributed by atoms with Crippen molar-refractivity contribution >= 4 is 5.91 Å². The second-order valence-electron chi connectivity index (χ2n) is 5.89. The smallest absolute Gasteiger partial charge is 0.238 e.